The number of anilines is 1. The highest BCUT2D eigenvalue weighted by Crippen LogP contribution is 2.34. The number of methoxy groups -OCH3 is 1. The highest BCUT2D eigenvalue weighted by molar-refractivity contribution is 5.99. The van der Waals surface area contributed by atoms with Crippen LogP contribution >= 0.6 is 0 Å². The van der Waals surface area contributed by atoms with Crippen molar-refractivity contribution >= 4 is 11.6 Å². The van der Waals surface area contributed by atoms with Gasteiger partial charge in [-0.05, 0) is 24.3 Å². The Labute approximate surface area is 110 Å². The molecule has 4 N–H and O–H groups in total. The smallest absolute Gasteiger partial charge is 0.250 e. The van der Waals surface area contributed by atoms with E-state index in [-0.39, 0.29) is 11.3 Å². The zero-order chi connectivity index (χ0) is 13.8. The standard InChI is InChI=1S/C14H14N2O3/c1-18-10-6-2-3-7-11(10)19-12-8-4-5-9(13(12)15)14(16)17/h2-8H,15H2,1H3,(H2,16,17). The van der Waals surface area contributed by atoms with E-state index in [0.29, 0.717) is 17.2 Å². The number of ether oxygens (including phenoxy) is 2. The molecule has 2 aromatic rings. The van der Waals surface area contributed by atoms with Crippen molar-refractivity contribution in [2.75, 3.05) is 12.8 Å². The fraction of sp³-hybridized carbons (Fsp3) is 0.0714. The second kappa shape index (κ2) is 5.30. The number of rotatable bonds is 4. The second-order valence-electron chi connectivity index (χ2n) is 3.83. The van der Waals surface area contributed by atoms with E-state index < -0.39 is 5.91 Å². The summed E-state index contributed by atoms with van der Waals surface area (Å²) in [6.07, 6.45) is 0. The molecule has 98 valence electrons. The molecule has 19 heavy (non-hydrogen) atoms. The molecule has 0 saturated carbocycles. The topological polar surface area (TPSA) is 87.6 Å². The van der Waals surface area contributed by atoms with Crippen molar-refractivity contribution in [3.63, 3.8) is 0 Å². The van der Waals surface area contributed by atoms with Gasteiger partial charge >= 0.3 is 0 Å². The maximum absolute atomic E-state index is 11.2. The first kappa shape index (κ1) is 12.8. The zero-order valence-electron chi connectivity index (χ0n) is 10.4. The molecule has 0 heterocycles. The van der Waals surface area contributed by atoms with Gasteiger partial charge in [0.15, 0.2) is 17.2 Å². The van der Waals surface area contributed by atoms with Gasteiger partial charge in [-0.1, -0.05) is 18.2 Å². The number of benzene rings is 2. The van der Waals surface area contributed by atoms with Crippen LogP contribution in [0.15, 0.2) is 42.5 Å². The Bertz CT molecular complexity index is 611. The van der Waals surface area contributed by atoms with E-state index in [1.807, 2.05) is 12.1 Å². The van der Waals surface area contributed by atoms with E-state index in [0.717, 1.165) is 0 Å². The largest absolute Gasteiger partial charge is 0.493 e. The first-order valence-electron chi connectivity index (χ1n) is 5.62. The van der Waals surface area contributed by atoms with Gasteiger partial charge in [0.1, 0.15) is 0 Å². The zero-order valence-corrected chi connectivity index (χ0v) is 10.4. The summed E-state index contributed by atoms with van der Waals surface area (Å²) in [4.78, 5) is 11.2. The number of para-hydroxylation sites is 3. The molecule has 0 atom stereocenters. The highest BCUT2D eigenvalue weighted by atomic mass is 16.5. The van der Waals surface area contributed by atoms with Crippen molar-refractivity contribution in [2.45, 2.75) is 0 Å². The van der Waals surface area contributed by atoms with E-state index in [1.165, 1.54) is 0 Å². The van der Waals surface area contributed by atoms with Crippen molar-refractivity contribution in [3.05, 3.63) is 48.0 Å². The minimum absolute atomic E-state index is 0.209. The Morgan fingerprint density at radius 1 is 1.00 bits per heavy atom. The van der Waals surface area contributed by atoms with Gasteiger partial charge in [-0.15, -0.1) is 0 Å². The molecule has 0 aromatic heterocycles. The van der Waals surface area contributed by atoms with Crippen LogP contribution in [-0.2, 0) is 0 Å². The summed E-state index contributed by atoms with van der Waals surface area (Å²) in [6.45, 7) is 0. The lowest BCUT2D eigenvalue weighted by atomic mass is 10.1. The molecule has 0 aliphatic carbocycles. The summed E-state index contributed by atoms with van der Waals surface area (Å²) in [5, 5.41) is 0. The first-order chi connectivity index (χ1) is 9.13. The maximum atomic E-state index is 11.2. The normalized spacial score (nSPS) is 9.95. The minimum atomic E-state index is -0.594. The number of hydrogen-bond acceptors (Lipinski definition) is 4. The highest BCUT2D eigenvalue weighted by Gasteiger charge is 2.12. The number of carbonyl (C=O) groups is 1. The van der Waals surface area contributed by atoms with Gasteiger partial charge < -0.3 is 20.9 Å². The van der Waals surface area contributed by atoms with Gasteiger partial charge in [-0.2, -0.15) is 0 Å². The maximum Gasteiger partial charge on any atom is 0.250 e. The van der Waals surface area contributed by atoms with E-state index in [1.54, 1.807) is 37.4 Å². The summed E-state index contributed by atoms with van der Waals surface area (Å²) in [6, 6.07) is 12.0. The van der Waals surface area contributed by atoms with Crippen LogP contribution in [0.2, 0.25) is 0 Å². The van der Waals surface area contributed by atoms with Crippen LogP contribution in [0.5, 0.6) is 17.2 Å². The molecule has 0 aliphatic rings. The number of nitrogens with two attached hydrogens (primary N) is 2. The van der Waals surface area contributed by atoms with E-state index in [9.17, 15) is 4.79 Å². The minimum Gasteiger partial charge on any atom is -0.493 e. The lowest BCUT2D eigenvalue weighted by Gasteiger charge is -2.12. The van der Waals surface area contributed by atoms with Gasteiger partial charge in [0.25, 0.3) is 5.91 Å². The monoisotopic (exact) mass is 258 g/mol. The predicted octanol–water partition coefficient (Wildman–Crippen LogP) is 2.17. The number of nitrogen functional groups attached to an aromatic ring is 1. The number of carbonyl (C=O) groups excluding carboxylic acids is 1. The molecule has 0 bridgehead atoms. The van der Waals surface area contributed by atoms with Gasteiger partial charge in [0.05, 0.1) is 18.4 Å². The van der Waals surface area contributed by atoms with Crippen molar-refractivity contribution in [2.24, 2.45) is 5.73 Å². The molecule has 0 spiro atoms. The third-order valence-corrected chi connectivity index (χ3v) is 2.62. The molecule has 0 aliphatic heterocycles. The fourth-order valence-electron chi connectivity index (χ4n) is 1.67. The third-order valence-electron chi connectivity index (χ3n) is 2.62. The summed E-state index contributed by atoms with van der Waals surface area (Å²) >= 11 is 0. The molecule has 0 radical (unpaired) electrons. The molecular formula is C14H14N2O3. The van der Waals surface area contributed by atoms with E-state index >= 15 is 0 Å². The van der Waals surface area contributed by atoms with Gasteiger partial charge in [-0.25, -0.2) is 0 Å². The fourth-order valence-corrected chi connectivity index (χ4v) is 1.67. The Hall–Kier alpha value is -2.69. The summed E-state index contributed by atoms with van der Waals surface area (Å²) in [7, 11) is 1.55. The Morgan fingerprint density at radius 2 is 1.63 bits per heavy atom. The number of hydrogen-bond donors (Lipinski definition) is 2. The van der Waals surface area contributed by atoms with Crippen LogP contribution in [0, 0.1) is 0 Å². The Balaban J connectivity index is 2.39. The molecule has 2 aromatic carbocycles. The SMILES string of the molecule is COc1ccccc1Oc1cccc(C(N)=O)c1N. The molecule has 2 rings (SSSR count). The second-order valence-corrected chi connectivity index (χ2v) is 3.83. The molecule has 0 unspecified atom stereocenters. The number of amides is 1. The van der Waals surface area contributed by atoms with Crippen LogP contribution in [0.25, 0.3) is 0 Å². The van der Waals surface area contributed by atoms with Crippen LogP contribution in [-0.4, -0.2) is 13.0 Å². The van der Waals surface area contributed by atoms with Crippen molar-refractivity contribution in [1.29, 1.82) is 0 Å². The van der Waals surface area contributed by atoms with Crippen molar-refractivity contribution in [1.82, 2.24) is 0 Å². The summed E-state index contributed by atoms with van der Waals surface area (Å²) < 4.78 is 10.8. The summed E-state index contributed by atoms with van der Waals surface area (Å²) in [5.41, 5.74) is 11.5. The molecule has 0 fully saturated rings. The number of primary amides is 1. The van der Waals surface area contributed by atoms with Crippen molar-refractivity contribution in [3.8, 4) is 17.2 Å². The van der Waals surface area contributed by atoms with Crippen LogP contribution in [0.1, 0.15) is 10.4 Å². The molecule has 5 heteroatoms. The molecular weight excluding hydrogens is 244 g/mol. The molecule has 1 amide bonds. The van der Waals surface area contributed by atoms with Gasteiger partial charge in [-0.3, -0.25) is 4.79 Å². The van der Waals surface area contributed by atoms with E-state index in [2.05, 4.69) is 0 Å². The molecule has 0 saturated heterocycles. The Morgan fingerprint density at radius 3 is 2.26 bits per heavy atom. The third kappa shape index (κ3) is 2.60. The quantitative estimate of drug-likeness (QED) is 0.823. The van der Waals surface area contributed by atoms with Gasteiger partial charge in [0, 0.05) is 0 Å². The molecule has 5 nitrogen and oxygen atoms in total. The van der Waals surface area contributed by atoms with Crippen LogP contribution in [0.4, 0.5) is 5.69 Å². The van der Waals surface area contributed by atoms with Crippen LogP contribution < -0.4 is 20.9 Å². The average molecular weight is 258 g/mol. The van der Waals surface area contributed by atoms with E-state index in [4.69, 9.17) is 20.9 Å². The summed E-state index contributed by atoms with van der Waals surface area (Å²) in [5.74, 6) is 0.855. The van der Waals surface area contributed by atoms with Gasteiger partial charge in [0.2, 0.25) is 0 Å². The first-order valence-corrected chi connectivity index (χ1v) is 5.62. The van der Waals surface area contributed by atoms with Crippen molar-refractivity contribution < 1.29 is 14.3 Å². The Kier molecular flexibility index (Phi) is 3.56. The average Bonchev–Trinajstić information content (AvgIpc) is 2.41. The lowest BCUT2D eigenvalue weighted by Crippen LogP contribution is -2.13. The predicted molar refractivity (Wildman–Crippen MR) is 72.4 cm³/mol. The van der Waals surface area contributed by atoms with Crippen LogP contribution in [0.3, 0.4) is 0 Å². The lowest BCUT2D eigenvalue weighted by molar-refractivity contribution is 0.100.